The van der Waals surface area contributed by atoms with Crippen LogP contribution < -0.4 is 5.32 Å². The average Bonchev–Trinajstić information content (AvgIpc) is 1.68. The van der Waals surface area contributed by atoms with E-state index in [4.69, 9.17) is 56.8 Å². The highest BCUT2D eigenvalue weighted by atomic mass is 16.7. The Morgan fingerprint density at radius 1 is 0.753 bits per heavy atom. The number of fused-ring (bicyclic) bond motifs is 4. The average molecular weight is 1310 g/mol. The fraction of sp³-hybridized carbons (Fsp3) is 0.809. The van der Waals surface area contributed by atoms with E-state index in [0.717, 1.165) is 12.7 Å². The summed E-state index contributed by atoms with van der Waals surface area (Å²) in [5.41, 5.74) is -3.85. The molecule has 1 amide bonds. The Kier molecular flexibility index (Phi) is 21.8. The third kappa shape index (κ3) is 14.1. The molecule has 1 saturated carbocycles. The molecule has 6 saturated heterocycles. The number of aldehydes is 1. The molecule has 10 aliphatic rings. The van der Waals surface area contributed by atoms with Crippen LogP contribution in [0.25, 0.3) is 0 Å². The van der Waals surface area contributed by atoms with Crippen LogP contribution in [0.1, 0.15) is 154 Å². The van der Waals surface area contributed by atoms with E-state index in [9.17, 15) is 49.7 Å². The fourth-order valence-corrected chi connectivity index (χ4v) is 17.9. The summed E-state index contributed by atoms with van der Waals surface area (Å²) >= 11 is 0. The number of hydrogen-bond acceptors (Lipinski definition) is 23. The molecule has 4 aliphatic carbocycles. The molecular formula is C68H100N2O23. The summed E-state index contributed by atoms with van der Waals surface area (Å²) in [6, 6.07) is -1.11. The Balaban J connectivity index is 0.895. The standard InChI is InChI=1S/C68H100N2O23/c1-31-14-18-50(89-56-29-66(11,70(80)81)61(39(9)87-56)69-65(79)82-13)33(3)23-46-48(74)24-41(30-71)28-68(46)63(77)57(64(78)93-68)62(76)67(12)45(31)16-15-43-44(32(2)22-34(4)58(43)67)25-42-26-52(60(38(8)83-42)88-40(10)72)91-53-21-19-51(36(6)85-53)90-55-27-49(75)59(37(7)86-55)92-54-20-17-47(73)35(5)84-54/h14-16,23-24,30,32,34-39,42-61,63,73-75,77H,17-22,25-29H2,1-13H3,(H,69,79)/b31-14+,33-23?/t32-,34-,35-,36-,37-,38-,39+,42-,43+,44?,45-,46+,47+,48-,49+,50-,51?,52+,53-,54?,55?,56-,57?,58?,59?,60-,61-,63?,66-,67+,68?/m0/s1. The lowest BCUT2D eigenvalue weighted by Crippen LogP contribution is -2.65. The molecule has 7 fully saturated rings. The minimum absolute atomic E-state index is 0.0683. The van der Waals surface area contributed by atoms with E-state index < -0.39 is 192 Å². The van der Waals surface area contributed by atoms with E-state index in [0.29, 0.717) is 56.8 Å². The quantitative estimate of drug-likeness (QED) is 0.0246. The Morgan fingerprint density at radius 3 is 2.09 bits per heavy atom. The van der Waals surface area contributed by atoms with Gasteiger partial charge < -0.3 is 82.6 Å². The van der Waals surface area contributed by atoms with E-state index in [2.05, 4.69) is 25.2 Å². The zero-order chi connectivity index (χ0) is 67.5. The molecule has 25 heteroatoms. The van der Waals surface area contributed by atoms with E-state index >= 15 is 4.79 Å². The van der Waals surface area contributed by atoms with Gasteiger partial charge in [0, 0.05) is 68.1 Å². The Hall–Kier alpha value is -4.61. The van der Waals surface area contributed by atoms with Gasteiger partial charge in [-0.3, -0.25) is 29.3 Å². The van der Waals surface area contributed by atoms with Gasteiger partial charge in [0.2, 0.25) is 5.54 Å². The minimum Gasteiger partial charge on any atom is -0.457 e. The predicted octanol–water partition coefficient (Wildman–Crippen LogP) is 6.19. The maximum atomic E-state index is 16.3. The summed E-state index contributed by atoms with van der Waals surface area (Å²) in [4.78, 5) is 81.3. The zero-order valence-electron chi connectivity index (χ0n) is 55.9. The summed E-state index contributed by atoms with van der Waals surface area (Å²) in [6.07, 6.45) is -2.67. The number of rotatable bonds is 14. The highest BCUT2D eigenvalue weighted by molar-refractivity contribution is 6.05. The number of nitrogens with zero attached hydrogens (tertiary/aromatic N) is 1. The maximum absolute atomic E-state index is 16.3. The first-order valence-corrected chi connectivity index (χ1v) is 33.6. The Morgan fingerprint density at radius 2 is 1.42 bits per heavy atom. The van der Waals surface area contributed by atoms with Crippen LogP contribution in [0.2, 0.25) is 0 Å². The second kappa shape index (κ2) is 28.5. The minimum atomic E-state index is -1.99. The number of carbonyl (C=O) groups excluding carboxylic acids is 5. The molecule has 0 aromatic carbocycles. The van der Waals surface area contributed by atoms with Crippen molar-refractivity contribution in [3.8, 4) is 0 Å². The molecule has 6 heterocycles. The van der Waals surface area contributed by atoms with Crippen molar-refractivity contribution in [3.63, 3.8) is 0 Å². The molecule has 25 nitrogen and oxygen atoms in total. The van der Waals surface area contributed by atoms with Crippen LogP contribution in [0.15, 0.2) is 47.1 Å². The van der Waals surface area contributed by atoms with Crippen molar-refractivity contribution in [1.29, 1.82) is 0 Å². The predicted molar refractivity (Wildman–Crippen MR) is 328 cm³/mol. The number of methoxy groups -OCH3 is 1. The summed E-state index contributed by atoms with van der Waals surface area (Å²) < 4.78 is 75.0. The number of allylic oxidation sites excluding steroid dienone is 3. The fourth-order valence-electron chi connectivity index (χ4n) is 17.9. The molecule has 0 aromatic rings. The second-order valence-electron chi connectivity index (χ2n) is 29.0. The Labute approximate surface area is 544 Å². The van der Waals surface area contributed by atoms with Crippen LogP contribution in [-0.4, -0.2) is 196 Å². The number of Topliss-reactive ketones (excluding diaryl/α,β-unsaturated/α-hetero) is 1. The van der Waals surface area contributed by atoms with Gasteiger partial charge in [-0.1, -0.05) is 50.6 Å². The molecule has 0 aromatic heterocycles. The summed E-state index contributed by atoms with van der Waals surface area (Å²) in [7, 11) is 1.15. The van der Waals surface area contributed by atoms with Gasteiger partial charge in [-0.25, -0.2) is 4.79 Å². The summed E-state index contributed by atoms with van der Waals surface area (Å²) in [5, 5.41) is 61.7. The first kappa shape index (κ1) is 71.2. The number of nitrogens with one attached hydrogen (secondary N) is 1. The molecule has 0 radical (unpaired) electrons. The van der Waals surface area contributed by atoms with Crippen LogP contribution in [0.5, 0.6) is 0 Å². The molecular weight excluding hydrogens is 1210 g/mol. The molecule has 31 atom stereocenters. The van der Waals surface area contributed by atoms with Gasteiger partial charge in [0.1, 0.15) is 36.6 Å². The molecule has 9 unspecified atom stereocenters. The normalized spacial score (nSPS) is 48.4. The lowest BCUT2D eigenvalue weighted by molar-refractivity contribution is -0.584. The highest BCUT2D eigenvalue weighted by Gasteiger charge is 2.68. The first-order valence-electron chi connectivity index (χ1n) is 33.6. The summed E-state index contributed by atoms with van der Waals surface area (Å²) in [6.45, 7) is 21.5. The van der Waals surface area contributed by atoms with Crippen molar-refractivity contribution in [2.75, 3.05) is 7.11 Å². The van der Waals surface area contributed by atoms with Crippen molar-refractivity contribution in [3.05, 3.63) is 57.2 Å². The number of nitro groups is 1. The number of carbonyl (C=O) groups is 5. The SMILES string of the molecule is COC(=O)N[C@H]1[C@@H](C)O[C@@H](O[C@H]2C/C=C(\C)[C@@H]3C=C[C@@H]4C(C[C@H]5C[C@@H](O[C@H]6CCC(OC7C[C@@H](O)C(OC8CC[C@@H](O)[C@H](C)O8)[C@H](C)O7)[C@H](C)O6)[C@@H](OC(C)=O)[C@H](C)O5)[C@@H](C)C[C@H](C)C4[C@]3(C)C(=O)C3C(=O)OC4(CC(C=O)=C[C@H](O)[C@H]4C=C2C)C3O)C[C@]1(C)[N+](=O)[O-]. The zero-order valence-corrected chi connectivity index (χ0v) is 55.9. The van der Waals surface area contributed by atoms with Gasteiger partial charge in [-0.05, 0) is 127 Å². The maximum Gasteiger partial charge on any atom is 0.407 e. The molecule has 520 valence electrons. The van der Waals surface area contributed by atoms with E-state index in [1.54, 1.807) is 26.8 Å². The number of ketones is 1. The number of aliphatic hydroxyl groups is 4. The third-order valence-electron chi connectivity index (χ3n) is 22.7. The Bertz CT molecular complexity index is 2870. The second-order valence-corrected chi connectivity index (χ2v) is 29.0. The van der Waals surface area contributed by atoms with Crippen molar-refractivity contribution in [2.24, 2.45) is 52.8 Å². The number of esters is 2. The summed E-state index contributed by atoms with van der Waals surface area (Å²) in [5.74, 6) is -6.36. The lowest BCUT2D eigenvalue weighted by Gasteiger charge is -2.57. The van der Waals surface area contributed by atoms with E-state index in [1.807, 2.05) is 46.8 Å². The monoisotopic (exact) mass is 1310 g/mol. The van der Waals surface area contributed by atoms with Crippen molar-refractivity contribution in [2.45, 2.75) is 288 Å². The van der Waals surface area contributed by atoms with Gasteiger partial charge in [0.05, 0.1) is 80.7 Å². The highest BCUT2D eigenvalue weighted by Crippen LogP contribution is 2.61. The smallest absolute Gasteiger partial charge is 0.407 e. The van der Waals surface area contributed by atoms with Crippen LogP contribution in [0.4, 0.5) is 4.79 Å². The molecule has 5 N–H and O–H groups in total. The first-order chi connectivity index (χ1) is 43.9. The van der Waals surface area contributed by atoms with Crippen LogP contribution in [-0.2, 0) is 76.0 Å². The van der Waals surface area contributed by atoms with E-state index in [-0.39, 0.29) is 54.9 Å². The number of aliphatic hydroxyl groups excluding tert-OH is 4. The third-order valence-corrected chi connectivity index (χ3v) is 22.7. The van der Waals surface area contributed by atoms with E-state index in [1.165, 1.54) is 19.9 Å². The van der Waals surface area contributed by atoms with Crippen LogP contribution in [0.3, 0.4) is 0 Å². The van der Waals surface area contributed by atoms with Gasteiger partial charge >= 0.3 is 18.0 Å². The largest absolute Gasteiger partial charge is 0.457 e. The molecule has 1 spiro atoms. The molecule has 6 aliphatic heterocycles. The van der Waals surface area contributed by atoms with Crippen molar-refractivity contribution >= 4 is 30.1 Å². The molecule has 10 rings (SSSR count). The number of ether oxygens (including phenoxy) is 12. The van der Waals surface area contributed by atoms with Gasteiger partial charge in [-0.15, -0.1) is 0 Å². The number of amides is 1. The molecule has 2 bridgehead atoms. The van der Waals surface area contributed by atoms with Crippen molar-refractivity contribution in [1.82, 2.24) is 5.32 Å². The van der Waals surface area contributed by atoms with Gasteiger partial charge in [0.15, 0.2) is 42.6 Å². The van der Waals surface area contributed by atoms with Crippen LogP contribution in [0, 0.1) is 62.9 Å². The number of alkyl carbamates (subject to hydrolysis) is 1. The van der Waals surface area contributed by atoms with Crippen molar-refractivity contribution < 1.29 is 106 Å². The van der Waals surface area contributed by atoms with Gasteiger partial charge in [-0.2, -0.15) is 0 Å². The lowest BCUT2D eigenvalue weighted by atomic mass is 9.46. The number of hydrogen-bond donors (Lipinski definition) is 5. The van der Waals surface area contributed by atoms with Gasteiger partial charge in [0.25, 0.3) is 0 Å². The molecule has 93 heavy (non-hydrogen) atoms. The van der Waals surface area contributed by atoms with Crippen LogP contribution >= 0.6 is 0 Å². The topological polar surface area (TPSA) is 332 Å².